The molecule has 1 atom stereocenters. The fourth-order valence-corrected chi connectivity index (χ4v) is 4.36. The molecule has 1 amide bonds. The quantitative estimate of drug-likeness (QED) is 0.540. The van der Waals surface area contributed by atoms with Gasteiger partial charge in [-0.15, -0.1) is 0 Å². The molecule has 29 heavy (non-hydrogen) atoms. The highest BCUT2D eigenvalue weighted by molar-refractivity contribution is 8.05. The number of nitrogens with one attached hydrogen (secondary N) is 2. The summed E-state index contributed by atoms with van der Waals surface area (Å²) in [5.41, 5.74) is 3.02. The van der Waals surface area contributed by atoms with Gasteiger partial charge in [-0.3, -0.25) is 4.79 Å². The van der Waals surface area contributed by atoms with Gasteiger partial charge in [0, 0.05) is 11.3 Å². The van der Waals surface area contributed by atoms with Gasteiger partial charge in [0.2, 0.25) is 0 Å². The molecule has 0 spiro atoms. The van der Waals surface area contributed by atoms with Crippen LogP contribution in [0.4, 0.5) is 5.69 Å². The number of amides is 1. The summed E-state index contributed by atoms with van der Waals surface area (Å²) in [5.74, 6) is 0.715. The Bertz CT molecular complexity index is 1060. The normalized spacial score (nSPS) is 17.5. The van der Waals surface area contributed by atoms with Gasteiger partial charge < -0.3 is 15.4 Å². The summed E-state index contributed by atoms with van der Waals surface area (Å²) in [6, 6.07) is 20.5. The average Bonchev–Trinajstić information content (AvgIpc) is 3.09. The fourth-order valence-electron chi connectivity index (χ4n) is 3.39. The van der Waals surface area contributed by atoms with Crippen molar-refractivity contribution in [1.82, 2.24) is 5.32 Å². The SMILES string of the molecule is CCOc1ccc2ccccc2c1/C=C1\S[C@H](Nc2ccc(CC)cc2)NC1=O. The lowest BCUT2D eigenvalue weighted by molar-refractivity contribution is -0.116. The highest BCUT2D eigenvalue weighted by atomic mass is 32.2. The van der Waals surface area contributed by atoms with Gasteiger partial charge in [-0.1, -0.05) is 61.2 Å². The first kappa shape index (κ1) is 19.4. The van der Waals surface area contributed by atoms with Crippen molar-refractivity contribution in [2.75, 3.05) is 11.9 Å². The minimum atomic E-state index is -0.202. The second-order valence-electron chi connectivity index (χ2n) is 6.81. The van der Waals surface area contributed by atoms with Crippen LogP contribution in [0.5, 0.6) is 5.75 Å². The van der Waals surface area contributed by atoms with Crippen LogP contribution in [0.15, 0.2) is 65.6 Å². The molecule has 1 saturated heterocycles. The van der Waals surface area contributed by atoms with E-state index in [2.05, 4.69) is 47.9 Å². The molecule has 4 rings (SSSR count). The van der Waals surface area contributed by atoms with E-state index in [0.717, 1.165) is 34.2 Å². The van der Waals surface area contributed by atoms with Crippen molar-refractivity contribution in [3.05, 3.63) is 76.7 Å². The van der Waals surface area contributed by atoms with Gasteiger partial charge in [-0.05, 0) is 54.0 Å². The Hall–Kier alpha value is -2.92. The van der Waals surface area contributed by atoms with Gasteiger partial charge in [-0.2, -0.15) is 0 Å². The molecule has 1 aliphatic heterocycles. The Kier molecular flexibility index (Phi) is 5.76. The molecule has 3 aromatic rings. The minimum Gasteiger partial charge on any atom is -0.493 e. The van der Waals surface area contributed by atoms with E-state index in [1.54, 1.807) is 0 Å². The van der Waals surface area contributed by atoms with Gasteiger partial charge in [0.05, 0.1) is 11.5 Å². The van der Waals surface area contributed by atoms with Crippen LogP contribution in [0, 0.1) is 0 Å². The standard InChI is InChI=1S/C24H24N2O2S/c1-3-16-9-12-18(13-10-16)25-24-26-23(27)22(29-24)15-20-19-8-6-5-7-17(19)11-14-21(20)28-4-2/h5-15,24-25H,3-4H2,1-2H3,(H,26,27)/b22-15-/t24-/m1/s1. The van der Waals surface area contributed by atoms with Crippen LogP contribution < -0.4 is 15.4 Å². The zero-order valence-electron chi connectivity index (χ0n) is 16.6. The van der Waals surface area contributed by atoms with E-state index < -0.39 is 0 Å². The first-order valence-corrected chi connectivity index (χ1v) is 10.7. The summed E-state index contributed by atoms with van der Waals surface area (Å²) in [6.45, 7) is 4.68. The maximum absolute atomic E-state index is 12.6. The van der Waals surface area contributed by atoms with Crippen molar-refractivity contribution < 1.29 is 9.53 Å². The number of aryl methyl sites for hydroxylation is 1. The van der Waals surface area contributed by atoms with Crippen LogP contribution in [0.2, 0.25) is 0 Å². The Morgan fingerprint density at radius 3 is 2.62 bits per heavy atom. The monoisotopic (exact) mass is 404 g/mol. The molecule has 2 N–H and O–H groups in total. The summed E-state index contributed by atoms with van der Waals surface area (Å²) in [6.07, 6.45) is 2.95. The number of carbonyl (C=O) groups is 1. The molecule has 3 aromatic carbocycles. The second kappa shape index (κ2) is 8.62. The second-order valence-corrected chi connectivity index (χ2v) is 7.95. The van der Waals surface area contributed by atoms with Crippen molar-refractivity contribution >= 4 is 40.2 Å². The van der Waals surface area contributed by atoms with Crippen LogP contribution in [0.25, 0.3) is 16.8 Å². The van der Waals surface area contributed by atoms with Crippen LogP contribution in [0.3, 0.4) is 0 Å². The molecular formula is C24H24N2O2S. The largest absolute Gasteiger partial charge is 0.493 e. The first-order valence-electron chi connectivity index (χ1n) is 9.87. The summed E-state index contributed by atoms with van der Waals surface area (Å²) in [4.78, 5) is 13.3. The lowest BCUT2D eigenvalue weighted by Crippen LogP contribution is -2.30. The molecule has 0 radical (unpaired) electrons. The van der Waals surface area contributed by atoms with Gasteiger partial charge in [0.15, 0.2) is 5.50 Å². The number of fused-ring (bicyclic) bond motifs is 1. The minimum absolute atomic E-state index is 0.0759. The Balaban J connectivity index is 1.61. The summed E-state index contributed by atoms with van der Waals surface area (Å²) in [7, 11) is 0. The third-order valence-electron chi connectivity index (χ3n) is 4.90. The molecule has 0 aromatic heterocycles. The van der Waals surface area contributed by atoms with E-state index in [9.17, 15) is 4.79 Å². The van der Waals surface area contributed by atoms with Crippen molar-refractivity contribution in [3.63, 3.8) is 0 Å². The van der Waals surface area contributed by atoms with Gasteiger partial charge >= 0.3 is 0 Å². The number of anilines is 1. The van der Waals surface area contributed by atoms with Crippen molar-refractivity contribution in [3.8, 4) is 5.75 Å². The lowest BCUT2D eigenvalue weighted by Gasteiger charge is -2.13. The van der Waals surface area contributed by atoms with E-state index in [0.29, 0.717) is 11.5 Å². The smallest absolute Gasteiger partial charge is 0.260 e. The maximum Gasteiger partial charge on any atom is 0.260 e. The number of rotatable bonds is 6. The molecule has 1 heterocycles. The van der Waals surface area contributed by atoms with Crippen molar-refractivity contribution in [1.29, 1.82) is 0 Å². The highest BCUT2D eigenvalue weighted by Crippen LogP contribution is 2.35. The summed E-state index contributed by atoms with van der Waals surface area (Å²) < 4.78 is 5.83. The van der Waals surface area contributed by atoms with Crippen LogP contribution in [0.1, 0.15) is 25.0 Å². The number of carbonyl (C=O) groups excluding carboxylic acids is 1. The number of hydrogen-bond donors (Lipinski definition) is 2. The molecule has 0 saturated carbocycles. The molecule has 0 bridgehead atoms. The maximum atomic E-state index is 12.6. The topological polar surface area (TPSA) is 50.4 Å². The average molecular weight is 405 g/mol. The van der Waals surface area contributed by atoms with Crippen LogP contribution >= 0.6 is 11.8 Å². The molecule has 0 unspecified atom stereocenters. The third kappa shape index (κ3) is 4.25. The summed E-state index contributed by atoms with van der Waals surface area (Å²) in [5, 5.41) is 8.58. The zero-order valence-corrected chi connectivity index (χ0v) is 17.4. The summed E-state index contributed by atoms with van der Waals surface area (Å²) >= 11 is 1.49. The molecule has 1 fully saturated rings. The van der Waals surface area contributed by atoms with Gasteiger partial charge in [0.1, 0.15) is 5.75 Å². The fraction of sp³-hybridized carbons (Fsp3) is 0.208. The zero-order chi connectivity index (χ0) is 20.2. The number of benzene rings is 3. The Morgan fingerprint density at radius 2 is 1.86 bits per heavy atom. The van der Waals surface area contributed by atoms with E-state index in [1.165, 1.54) is 17.3 Å². The molecule has 5 heteroatoms. The van der Waals surface area contributed by atoms with E-state index in [1.807, 2.05) is 43.3 Å². The third-order valence-corrected chi connectivity index (χ3v) is 5.93. The van der Waals surface area contributed by atoms with E-state index in [-0.39, 0.29) is 11.4 Å². The lowest BCUT2D eigenvalue weighted by atomic mass is 10.0. The highest BCUT2D eigenvalue weighted by Gasteiger charge is 2.27. The number of ether oxygens (including phenoxy) is 1. The van der Waals surface area contributed by atoms with Crippen LogP contribution in [-0.2, 0) is 11.2 Å². The molecule has 148 valence electrons. The molecule has 4 nitrogen and oxygen atoms in total. The number of hydrogen-bond acceptors (Lipinski definition) is 4. The number of thioether (sulfide) groups is 1. The van der Waals surface area contributed by atoms with Crippen LogP contribution in [-0.4, -0.2) is 18.0 Å². The van der Waals surface area contributed by atoms with Crippen molar-refractivity contribution in [2.24, 2.45) is 0 Å². The van der Waals surface area contributed by atoms with E-state index >= 15 is 0 Å². The molecule has 1 aliphatic rings. The predicted molar refractivity (Wildman–Crippen MR) is 122 cm³/mol. The van der Waals surface area contributed by atoms with Gasteiger partial charge in [-0.25, -0.2) is 0 Å². The Labute approximate surface area is 175 Å². The first-order chi connectivity index (χ1) is 14.2. The molecular weight excluding hydrogens is 380 g/mol. The van der Waals surface area contributed by atoms with Crippen molar-refractivity contribution in [2.45, 2.75) is 25.8 Å². The van der Waals surface area contributed by atoms with E-state index in [4.69, 9.17) is 4.74 Å². The predicted octanol–water partition coefficient (Wildman–Crippen LogP) is 5.40. The Morgan fingerprint density at radius 1 is 1.07 bits per heavy atom. The van der Waals surface area contributed by atoms with Gasteiger partial charge in [0.25, 0.3) is 5.91 Å². The molecule has 0 aliphatic carbocycles.